The topological polar surface area (TPSA) is 82.5 Å². The third-order valence-corrected chi connectivity index (χ3v) is 3.26. The smallest absolute Gasteiger partial charge is 0.163 e. The van der Waals surface area contributed by atoms with Crippen molar-refractivity contribution < 1.29 is 0 Å². The lowest BCUT2D eigenvalue weighted by atomic mass is 10.1. The van der Waals surface area contributed by atoms with Crippen LogP contribution in [0.3, 0.4) is 0 Å². The van der Waals surface area contributed by atoms with Crippen LogP contribution in [0, 0.1) is 0 Å². The van der Waals surface area contributed by atoms with E-state index < -0.39 is 0 Å². The van der Waals surface area contributed by atoms with E-state index in [9.17, 15) is 0 Å². The molecule has 0 bridgehead atoms. The molecule has 0 atom stereocenters. The number of nitrogens with two attached hydrogens (primary N) is 1. The van der Waals surface area contributed by atoms with Gasteiger partial charge in [-0.25, -0.2) is 14.6 Å². The number of hydrogen-bond acceptors (Lipinski definition) is 5. The molecular weight excluding hydrogens is 252 g/mol. The standard InChI is InChI=1S/C14H16N6/c1-3-4-9-5-10(7-16-6-9)12-11-13(15)17-8-18-14(11)20(2)19-12/h5-8H,3-4H2,1-2H3,(H2,15,17,18). The molecule has 0 spiro atoms. The number of aromatic nitrogens is 5. The van der Waals surface area contributed by atoms with Crippen LogP contribution < -0.4 is 5.73 Å². The first kappa shape index (κ1) is 12.5. The summed E-state index contributed by atoms with van der Waals surface area (Å²) >= 11 is 0. The van der Waals surface area contributed by atoms with E-state index in [4.69, 9.17) is 5.73 Å². The second-order valence-electron chi connectivity index (χ2n) is 4.76. The summed E-state index contributed by atoms with van der Waals surface area (Å²) in [7, 11) is 1.85. The van der Waals surface area contributed by atoms with E-state index >= 15 is 0 Å². The lowest BCUT2D eigenvalue weighted by molar-refractivity contribution is 0.788. The van der Waals surface area contributed by atoms with Crippen molar-refractivity contribution in [3.8, 4) is 11.3 Å². The van der Waals surface area contributed by atoms with Gasteiger partial charge in [-0.3, -0.25) is 4.98 Å². The van der Waals surface area contributed by atoms with E-state index in [2.05, 4.69) is 33.0 Å². The minimum absolute atomic E-state index is 0.444. The first-order valence-corrected chi connectivity index (χ1v) is 6.58. The van der Waals surface area contributed by atoms with Crippen LogP contribution >= 0.6 is 0 Å². The van der Waals surface area contributed by atoms with Gasteiger partial charge in [-0.15, -0.1) is 0 Å². The first-order valence-electron chi connectivity index (χ1n) is 6.58. The summed E-state index contributed by atoms with van der Waals surface area (Å²) in [6, 6.07) is 2.10. The fraction of sp³-hybridized carbons (Fsp3) is 0.286. The maximum atomic E-state index is 5.98. The van der Waals surface area contributed by atoms with Crippen molar-refractivity contribution in [3.05, 3.63) is 30.4 Å². The van der Waals surface area contributed by atoms with Gasteiger partial charge >= 0.3 is 0 Å². The zero-order chi connectivity index (χ0) is 14.1. The molecule has 102 valence electrons. The molecule has 2 N–H and O–H groups in total. The summed E-state index contributed by atoms with van der Waals surface area (Å²) in [6.45, 7) is 2.15. The molecule has 3 heterocycles. The molecule has 0 unspecified atom stereocenters. The first-order chi connectivity index (χ1) is 9.70. The van der Waals surface area contributed by atoms with Gasteiger partial charge in [-0.2, -0.15) is 5.10 Å². The number of anilines is 1. The van der Waals surface area contributed by atoms with Gasteiger partial charge in [0.05, 0.1) is 5.39 Å². The molecule has 0 aliphatic rings. The van der Waals surface area contributed by atoms with Crippen molar-refractivity contribution in [2.24, 2.45) is 7.05 Å². The van der Waals surface area contributed by atoms with Crippen molar-refractivity contribution in [1.82, 2.24) is 24.7 Å². The average molecular weight is 268 g/mol. The van der Waals surface area contributed by atoms with Gasteiger partial charge in [0.2, 0.25) is 0 Å². The molecule has 3 aromatic rings. The van der Waals surface area contributed by atoms with Gasteiger partial charge in [-0.1, -0.05) is 13.3 Å². The maximum absolute atomic E-state index is 5.98. The third kappa shape index (κ3) is 1.99. The Hall–Kier alpha value is -2.50. The fourth-order valence-corrected chi connectivity index (χ4v) is 2.35. The molecule has 20 heavy (non-hydrogen) atoms. The molecule has 6 nitrogen and oxygen atoms in total. The normalized spacial score (nSPS) is 11.1. The summed E-state index contributed by atoms with van der Waals surface area (Å²) in [5, 5.41) is 5.30. The van der Waals surface area contributed by atoms with Gasteiger partial charge in [-0.05, 0) is 18.1 Å². The number of nitrogens with zero attached hydrogens (tertiary/aromatic N) is 5. The van der Waals surface area contributed by atoms with E-state index in [-0.39, 0.29) is 0 Å². The molecule has 0 fully saturated rings. The molecule has 0 aliphatic carbocycles. The van der Waals surface area contributed by atoms with Gasteiger partial charge in [0, 0.05) is 25.0 Å². The van der Waals surface area contributed by atoms with Crippen molar-refractivity contribution >= 4 is 16.9 Å². The van der Waals surface area contributed by atoms with Crippen molar-refractivity contribution in [2.45, 2.75) is 19.8 Å². The minimum atomic E-state index is 0.444. The van der Waals surface area contributed by atoms with Gasteiger partial charge in [0.15, 0.2) is 5.65 Å². The van der Waals surface area contributed by atoms with Crippen LogP contribution in [-0.4, -0.2) is 24.7 Å². The average Bonchev–Trinajstić information content (AvgIpc) is 2.79. The number of fused-ring (bicyclic) bond motifs is 1. The Labute approximate surface area is 116 Å². The Kier molecular flexibility index (Phi) is 3.06. The van der Waals surface area contributed by atoms with E-state index in [0.29, 0.717) is 5.82 Å². The van der Waals surface area contributed by atoms with Gasteiger partial charge < -0.3 is 5.73 Å². The predicted molar refractivity (Wildman–Crippen MR) is 77.9 cm³/mol. The summed E-state index contributed by atoms with van der Waals surface area (Å²) in [6.07, 6.45) is 7.22. The highest BCUT2D eigenvalue weighted by molar-refractivity contribution is 5.98. The van der Waals surface area contributed by atoms with Gasteiger partial charge in [0.25, 0.3) is 0 Å². The molecule has 0 radical (unpaired) electrons. The maximum Gasteiger partial charge on any atom is 0.163 e. The molecule has 0 saturated heterocycles. The van der Waals surface area contributed by atoms with E-state index in [1.807, 2.05) is 13.2 Å². The highest BCUT2D eigenvalue weighted by atomic mass is 15.3. The molecule has 0 amide bonds. The van der Waals surface area contributed by atoms with Crippen molar-refractivity contribution in [2.75, 3.05) is 5.73 Å². The number of rotatable bonds is 3. The molecule has 0 aliphatic heterocycles. The highest BCUT2D eigenvalue weighted by Gasteiger charge is 2.15. The summed E-state index contributed by atoms with van der Waals surface area (Å²) in [4.78, 5) is 12.6. The predicted octanol–water partition coefficient (Wildman–Crippen LogP) is 1.96. The number of pyridine rings is 1. The Morgan fingerprint density at radius 2 is 2.10 bits per heavy atom. The SMILES string of the molecule is CCCc1cncc(-c2nn(C)c3ncnc(N)c23)c1. The number of hydrogen-bond donors (Lipinski definition) is 1. The summed E-state index contributed by atoms with van der Waals surface area (Å²) < 4.78 is 1.72. The molecular formula is C14H16N6. The molecule has 3 aromatic heterocycles. The second kappa shape index (κ2) is 4.88. The van der Waals surface area contributed by atoms with Crippen LogP contribution in [0.2, 0.25) is 0 Å². The van der Waals surface area contributed by atoms with Crippen LogP contribution in [0.1, 0.15) is 18.9 Å². The van der Waals surface area contributed by atoms with Gasteiger partial charge in [0.1, 0.15) is 17.8 Å². The largest absolute Gasteiger partial charge is 0.383 e. The number of nitrogen functional groups attached to an aromatic ring is 1. The zero-order valence-corrected chi connectivity index (χ0v) is 11.5. The lowest BCUT2D eigenvalue weighted by Gasteiger charge is -2.02. The Bertz CT molecular complexity index is 761. The second-order valence-corrected chi connectivity index (χ2v) is 4.76. The fourth-order valence-electron chi connectivity index (χ4n) is 2.35. The molecule has 0 saturated carbocycles. The van der Waals surface area contributed by atoms with Crippen molar-refractivity contribution in [1.29, 1.82) is 0 Å². The zero-order valence-electron chi connectivity index (χ0n) is 11.5. The summed E-state index contributed by atoms with van der Waals surface area (Å²) in [5.74, 6) is 0.444. The van der Waals surface area contributed by atoms with Crippen molar-refractivity contribution in [3.63, 3.8) is 0 Å². The van der Waals surface area contributed by atoms with E-state index in [0.717, 1.165) is 35.1 Å². The molecule has 3 rings (SSSR count). The lowest BCUT2D eigenvalue weighted by Crippen LogP contribution is -1.95. The monoisotopic (exact) mass is 268 g/mol. The Morgan fingerprint density at radius 3 is 2.90 bits per heavy atom. The van der Waals surface area contributed by atoms with Crippen LogP contribution in [0.25, 0.3) is 22.3 Å². The Morgan fingerprint density at radius 1 is 1.25 bits per heavy atom. The van der Waals surface area contributed by atoms with Crippen LogP contribution in [0.4, 0.5) is 5.82 Å². The highest BCUT2D eigenvalue weighted by Crippen LogP contribution is 2.29. The quantitative estimate of drug-likeness (QED) is 0.785. The van der Waals surface area contributed by atoms with E-state index in [1.165, 1.54) is 11.9 Å². The molecule has 6 heteroatoms. The Balaban J connectivity index is 2.22. The van der Waals surface area contributed by atoms with Crippen LogP contribution in [-0.2, 0) is 13.5 Å². The van der Waals surface area contributed by atoms with Crippen LogP contribution in [0.15, 0.2) is 24.8 Å². The minimum Gasteiger partial charge on any atom is -0.383 e. The number of aryl methyl sites for hydroxylation is 2. The van der Waals surface area contributed by atoms with Crippen LogP contribution in [0.5, 0.6) is 0 Å². The molecule has 0 aromatic carbocycles. The van der Waals surface area contributed by atoms with E-state index in [1.54, 1.807) is 10.9 Å². The third-order valence-electron chi connectivity index (χ3n) is 3.26. The summed E-state index contributed by atoms with van der Waals surface area (Å²) in [5.41, 5.74) is 9.63.